The minimum Gasteiger partial charge on any atom is -0.480 e. The van der Waals surface area contributed by atoms with Crippen molar-refractivity contribution >= 4 is 21.7 Å². The Morgan fingerprint density at radius 2 is 1.89 bits per heavy atom. The quantitative estimate of drug-likeness (QED) is 0.646. The summed E-state index contributed by atoms with van der Waals surface area (Å²) in [4.78, 5) is 22.6. The molecule has 0 aromatic heterocycles. The first kappa shape index (κ1) is 16.9. The minimum absolute atomic E-state index is 0.181. The van der Waals surface area contributed by atoms with Crippen LogP contribution in [0, 0.1) is 0 Å². The summed E-state index contributed by atoms with van der Waals surface area (Å²) < 4.78 is 26.8. The van der Waals surface area contributed by atoms with Gasteiger partial charge in [0.15, 0.2) is 0 Å². The molecule has 0 aliphatic carbocycles. The number of amides is 1. The number of ether oxygens (including phenoxy) is 1. The van der Waals surface area contributed by atoms with Crippen molar-refractivity contribution in [3.63, 3.8) is 0 Å². The van der Waals surface area contributed by atoms with Crippen molar-refractivity contribution in [2.45, 2.75) is 31.9 Å². The molecular formula is C10H19NO6S. The fraction of sp³-hybridized carbons (Fsp3) is 0.800. The first-order chi connectivity index (χ1) is 7.99. The normalized spacial score (nSPS) is 14.0. The van der Waals surface area contributed by atoms with Gasteiger partial charge < -0.3 is 15.2 Å². The second kappa shape index (κ2) is 6.14. The van der Waals surface area contributed by atoms with Gasteiger partial charge in [0.1, 0.15) is 21.5 Å². The number of hydrogen-bond acceptors (Lipinski definition) is 5. The molecule has 0 rings (SSSR count). The number of carboxylic acids is 1. The Labute approximate surface area is 106 Å². The van der Waals surface area contributed by atoms with Gasteiger partial charge in [-0.05, 0) is 20.3 Å². The highest BCUT2D eigenvalue weighted by molar-refractivity contribution is 7.90. The van der Waals surface area contributed by atoms with Crippen LogP contribution in [0.4, 0.5) is 0 Å². The standard InChI is InChI=1S/C10H19NO6S/c1-10(2,17-3)9(14)11-7(8(12)13)5-6-18(4,15)16/h7H,5-6H2,1-4H3,(H,11,14)(H,12,13). The maximum absolute atomic E-state index is 11.7. The molecule has 18 heavy (non-hydrogen) atoms. The zero-order chi connectivity index (χ0) is 14.6. The lowest BCUT2D eigenvalue weighted by molar-refractivity contribution is -0.147. The predicted molar refractivity (Wildman–Crippen MR) is 65.0 cm³/mol. The van der Waals surface area contributed by atoms with E-state index in [1.165, 1.54) is 21.0 Å². The maximum atomic E-state index is 11.7. The zero-order valence-electron chi connectivity index (χ0n) is 10.9. The molecule has 0 radical (unpaired) electrons. The molecule has 0 aromatic rings. The van der Waals surface area contributed by atoms with E-state index in [2.05, 4.69) is 5.32 Å². The van der Waals surface area contributed by atoms with Gasteiger partial charge in [-0.2, -0.15) is 0 Å². The molecule has 1 unspecified atom stereocenters. The van der Waals surface area contributed by atoms with Crippen LogP contribution in [0.2, 0.25) is 0 Å². The van der Waals surface area contributed by atoms with E-state index in [0.29, 0.717) is 0 Å². The summed E-state index contributed by atoms with van der Waals surface area (Å²) in [5.74, 6) is -2.19. The monoisotopic (exact) mass is 281 g/mol. The van der Waals surface area contributed by atoms with E-state index in [0.717, 1.165) is 6.26 Å². The second-order valence-electron chi connectivity index (χ2n) is 4.50. The fourth-order valence-corrected chi connectivity index (χ4v) is 1.68. The molecule has 1 atom stereocenters. The van der Waals surface area contributed by atoms with Gasteiger partial charge in [0.2, 0.25) is 0 Å². The van der Waals surface area contributed by atoms with Crippen LogP contribution in [-0.2, 0) is 24.2 Å². The molecule has 2 N–H and O–H groups in total. The van der Waals surface area contributed by atoms with Gasteiger partial charge in [-0.25, -0.2) is 13.2 Å². The first-order valence-corrected chi connectivity index (χ1v) is 7.32. The Morgan fingerprint density at radius 1 is 1.39 bits per heavy atom. The van der Waals surface area contributed by atoms with Crippen LogP contribution in [0.5, 0.6) is 0 Å². The van der Waals surface area contributed by atoms with Crippen LogP contribution in [0.1, 0.15) is 20.3 Å². The molecular weight excluding hydrogens is 262 g/mol. The lowest BCUT2D eigenvalue weighted by Crippen LogP contribution is -2.50. The van der Waals surface area contributed by atoms with E-state index in [4.69, 9.17) is 9.84 Å². The van der Waals surface area contributed by atoms with Gasteiger partial charge in [-0.3, -0.25) is 4.79 Å². The van der Waals surface area contributed by atoms with Crippen molar-refractivity contribution in [1.82, 2.24) is 5.32 Å². The molecule has 106 valence electrons. The number of sulfone groups is 1. The van der Waals surface area contributed by atoms with E-state index in [1.807, 2.05) is 0 Å². The highest BCUT2D eigenvalue weighted by Gasteiger charge is 2.31. The number of nitrogens with one attached hydrogen (secondary N) is 1. The lowest BCUT2D eigenvalue weighted by atomic mass is 10.1. The largest absolute Gasteiger partial charge is 0.480 e. The number of methoxy groups -OCH3 is 1. The Morgan fingerprint density at radius 3 is 2.22 bits per heavy atom. The van der Waals surface area contributed by atoms with Gasteiger partial charge in [0.05, 0.1) is 5.75 Å². The molecule has 0 aliphatic heterocycles. The first-order valence-electron chi connectivity index (χ1n) is 5.26. The van der Waals surface area contributed by atoms with Crippen LogP contribution in [0.25, 0.3) is 0 Å². The zero-order valence-corrected chi connectivity index (χ0v) is 11.7. The highest BCUT2D eigenvalue weighted by atomic mass is 32.2. The molecule has 0 fully saturated rings. The van der Waals surface area contributed by atoms with Crippen molar-refractivity contribution in [1.29, 1.82) is 0 Å². The minimum atomic E-state index is -3.28. The molecule has 1 amide bonds. The van der Waals surface area contributed by atoms with Gasteiger partial charge >= 0.3 is 5.97 Å². The number of hydrogen-bond donors (Lipinski definition) is 2. The second-order valence-corrected chi connectivity index (χ2v) is 6.76. The summed E-state index contributed by atoms with van der Waals surface area (Å²) >= 11 is 0. The van der Waals surface area contributed by atoms with Crippen molar-refractivity contribution < 1.29 is 27.9 Å². The third-order valence-corrected chi connectivity index (χ3v) is 3.42. The van der Waals surface area contributed by atoms with Crippen molar-refractivity contribution in [3.8, 4) is 0 Å². The van der Waals surface area contributed by atoms with Crippen LogP contribution in [0.15, 0.2) is 0 Å². The molecule has 0 saturated heterocycles. The van der Waals surface area contributed by atoms with E-state index < -0.39 is 33.4 Å². The number of carbonyl (C=O) groups is 2. The SMILES string of the molecule is COC(C)(C)C(=O)NC(CCS(C)(=O)=O)C(=O)O. The summed E-state index contributed by atoms with van der Waals surface area (Å²) in [6, 6.07) is -1.25. The molecule has 0 bridgehead atoms. The molecule has 0 saturated carbocycles. The van der Waals surface area contributed by atoms with Gasteiger partial charge in [0.25, 0.3) is 5.91 Å². The van der Waals surface area contributed by atoms with E-state index in [9.17, 15) is 18.0 Å². The Hall–Kier alpha value is -1.15. The van der Waals surface area contributed by atoms with Crippen LogP contribution in [-0.4, -0.2) is 56.2 Å². The maximum Gasteiger partial charge on any atom is 0.326 e. The summed E-state index contributed by atoms with van der Waals surface area (Å²) in [5, 5.41) is 11.2. The number of carbonyl (C=O) groups excluding carboxylic acids is 1. The number of aliphatic carboxylic acids is 1. The molecule has 8 heteroatoms. The van der Waals surface area contributed by atoms with Crippen molar-refractivity contribution in [3.05, 3.63) is 0 Å². The third-order valence-electron chi connectivity index (χ3n) is 2.44. The fourth-order valence-electron chi connectivity index (χ4n) is 1.01. The van der Waals surface area contributed by atoms with Crippen LogP contribution >= 0.6 is 0 Å². The summed E-state index contributed by atoms with van der Waals surface area (Å²) in [5.41, 5.74) is -1.17. The number of carboxylic acid groups (broad SMARTS) is 1. The van der Waals surface area contributed by atoms with Crippen molar-refractivity contribution in [2.24, 2.45) is 0 Å². The topological polar surface area (TPSA) is 110 Å². The molecule has 0 heterocycles. The molecule has 0 aromatic carbocycles. The van der Waals surface area contributed by atoms with Gasteiger partial charge in [0, 0.05) is 13.4 Å². The van der Waals surface area contributed by atoms with Gasteiger partial charge in [-0.15, -0.1) is 0 Å². The van der Waals surface area contributed by atoms with E-state index >= 15 is 0 Å². The average Bonchev–Trinajstić information content (AvgIpc) is 2.21. The lowest BCUT2D eigenvalue weighted by Gasteiger charge is -2.24. The number of rotatable bonds is 7. The predicted octanol–water partition coefficient (Wildman–Crippen LogP) is -0.584. The Kier molecular flexibility index (Phi) is 5.75. The summed E-state index contributed by atoms with van der Waals surface area (Å²) in [7, 11) is -1.95. The third kappa shape index (κ3) is 5.97. The smallest absolute Gasteiger partial charge is 0.326 e. The summed E-state index contributed by atoms with van der Waals surface area (Å²) in [6.07, 6.45) is 0.826. The van der Waals surface area contributed by atoms with Gasteiger partial charge in [-0.1, -0.05) is 0 Å². The molecule has 0 aliphatic rings. The van der Waals surface area contributed by atoms with E-state index in [1.54, 1.807) is 0 Å². The Bertz CT molecular complexity index is 414. The summed E-state index contributed by atoms with van der Waals surface area (Å²) in [6.45, 7) is 2.97. The highest BCUT2D eigenvalue weighted by Crippen LogP contribution is 2.08. The Balaban J connectivity index is 4.66. The molecule has 7 nitrogen and oxygen atoms in total. The van der Waals surface area contributed by atoms with Crippen LogP contribution < -0.4 is 5.32 Å². The van der Waals surface area contributed by atoms with Crippen molar-refractivity contribution in [2.75, 3.05) is 19.1 Å². The van der Waals surface area contributed by atoms with E-state index in [-0.39, 0.29) is 12.2 Å². The average molecular weight is 281 g/mol. The molecule has 0 spiro atoms. The van der Waals surface area contributed by atoms with Crippen LogP contribution in [0.3, 0.4) is 0 Å².